The van der Waals surface area contributed by atoms with Gasteiger partial charge in [-0.1, -0.05) is 0 Å². The Morgan fingerprint density at radius 1 is 1.35 bits per heavy atom. The molecule has 0 heterocycles. The van der Waals surface area contributed by atoms with E-state index in [1.54, 1.807) is 7.11 Å². The van der Waals surface area contributed by atoms with Gasteiger partial charge in [-0.2, -0.15) is 0 Å². The van der Waals surface area contributed by atoms with Crippen LogP contribution in [0.5, 0.6) is 0 Å². The van der Waals surface area contributed by atoms with Crippen molar-refractivity contribution in [1.82, 2.24) is 4.72 Å². The lowest BCUT2D eigenvalue weighted by atomic mass is 9.92. The van der Waals surface area contributed by atoms with Crippen LogP contribution in [-0.2, 0) is 14.8 Å². The fourth-order valence-corrected chi connectivity index (χ4v) is 3.53. The number of nitrogens with zero attached hydrogens (tertiary/aromatic N) is 1. The first-order valence-corrected chi connectivity index (χ1v) is 8.87. The number of anilines is 1. The van der Waals surface area contributed by atoms with Gasteiger partial charge in [-0.05, 0) is 44.9 Å². The van der Waals surface area contributed by atoms with Crippen LogP contribution in [0.25, 0.3) is 0 Å². The molecule has 2 rings (SSSR count). The lowest BCUT2D eigenvalue weighted by molar-refractivity contribution is -0.384. The number of methoxy groups -OCH3 is 1. The fraction of sp³-hybridized carbons (Fsp3) is 0.571. The predicted molar refractivity (Wildman–Crippen MR) is 86.0 cm³/mol. The number of nitro benzene ring substituents is 1. The largest absolute Gasteiger partial charge is 0.381 e. The van der Waals surface area contributed by atoms with Gasteiger partial charge >= 0.3 is 0 Å². The normalized spacial score (nSPS) is 21.8. The summed E-state index contributed by atoms with van der Waals surface area (Å²) in [7, 11) is -0.795. The van der Waals surface area contributed by atoms with E-state index in [2.05, 4.69) is 10.0 Å². The quantitative estimate of drug-likeness (QED) is 0.602. The number of nitro groups is 1. The van der Waals surface area contributed by atoms with Crippen LogP contribution in [0.4, 0.5) is 11.4 Å². The topological polar surface area (TPSA) is 111 Å². The molecule has 0 radical (unpaired) electrons. The fourth-order valence-electron chi connectivity index (χ4n) is 2.78. The second kappa shape index (κ2) is 7.24. The number of sulfonamides is 1. The van der Waals surface area contributed by atoms with Crippen molar-refractivity contribution in [3.05, 3.63) is 28.3 Å². The third kappa shape index (κ3) is 4.18. The molecule has 1 saturated carbocycles. The van der Waals surface area contributed by atoms with Gasteiger partial charge in [-0.25, -0.2) is 13.1 Å². The predicted octanol–water partition coefficient (Wildman–Crippen LogP) is 1.87. The molecule has 2 unspecified atom stereocenters. The van der Waals surface area contributed by atoms with Gasteiger partial charge in [0, 0.05) is 19.2 Å². The van der Waals surface area contributed by atoms with E-state index in [0.29, 0.717) is 5.69 Å². The second-order valence-corrected chi connectivity index (χ2v) is 7.40. The zero-order chi connectivity index (χ0) is 17.0. The van der Waals surface area contributed by atoms with Crippen molar-refractivity contribution in [2.24, 2.45) is 0 Å². The van der Waals surface area contributed by atoms with Crippen LogP contribution in [0.15, 0.2) is 23.1 Å². The van der Waals surface area contributed by atoms with E-state index >= 15 is 0 Å². The Morgan fingerprint density at radius 3 is 2.70 bits per heavy atom. The van der Waals surface area contributed by atoms with Crippen molar-refractivity contribution < 1.29 is 18.1 Å². The van der Waals surface area contributed by atoms with Crippen molar-refractivity contribution >= 4 is 21.4 Å². The van der Waals surface area contributed by atoms with Gasteiger partial charge in [0.25, 0.3) is 5.69 Å². The van der Waals surface area contributed by atoms with E-state index in [4.69, 9.17) is 4.74 Å². The summed E-state index contributed by atoms with van der Waals surface area (Å²) in [6.07, 6.45) is 3.77. The molecule has 0 amide bonds. The minimum absolute atomic E-state index is 0.0687. The van der Waals surface area contributed by atoms with Gasteiger partial charge in [0.1, 0.15) is 5.69 Å². The van der Waals surface area contributed by atoms with Crippen LogP contribution in [-0.4, -0.2) is 39.6 Å². The number of hydrogen-bond donors (Lipinski definition) is 2. The lowest BCUT2D eigenvalue weighted by Crippen LogP contribution is -2.31. The van der Waals surface area contributed by atoms with Crippen LogP contribution in [0.1, 0.15) is 25.7 Å². The maximum absolute atomic E-state index is 11.8. The van der Waals surface area contributed by atoms with Crippen molar-refractivity contribution in [3.63, 3.8) is 0 Å². The highest BCUT2D eigenvalue weighted by Gasteiger charge is 2.25. The lowest BCUT2D eigenvalue weighted by Gasteiger charge is -2.29. The van der Waals surface area contributed by atoms with Crippen molar-refractivity contribution in [3.8, 4) is 0 Å². The maximum Gasteiger partial charge on any atom is 0.293 e. The van der Waals surface area contributed by atoms with Crippen molar-refractivity contribution in [2.45, 2.75) is 42.7 Å². The summed E-state index contributed by atoms with van der Waals surface area (Å²) in [6, 6.07) is 3.95. The van der Waals surface area contributed by atoms with Gasteiger partial charge < -0.3 is 10.1 Å². The molecule has 1 aliphatic rings. The Labute approximate surface area is 135 Å². The highest BCUT2D eigenvalue weighted by atomic mass is 32.2. The standard InChI is InChI=1S/C14H21N3O5S/c1-15-23(20,21)12-6-7-13(14(9-12)17(18)19)16-10-4-3-5-11(8-10)22-2/h6-7,9-11,15-16H,3-5,8H2,1-2H3. The summed E-state index contributed by atoms with van der Waals surface area (Å²) < 4.78 is 31.1. The highest BCUT2D eigenvalue weighted by Crippen LogP contribution is 2.31. The third-order valence-corrected chi connectivity index (χ3v) is 5.48. The van der Waals surface area contributed by atoms with Gasteiger partial charge in [0.05, 0.1) is 15.9 Å². The zero-order valence-corrected chi connectivity index (χ0v) is 13.9. The van der Waals surface area contributed by atoms with E-state index in [1.165, 1.54) is 19.2 Å². The molecule has 128 valence electrons. The summed E-state index contributed by atoms with van der Waals surface area (Å²) in [5.74, 6) is 0. The van der Waals surface area contributed by atoms with E-state index in [1.807, 2.05) is 0 Å². The molecular weight excluding hydrogens is 322 g/mol. The molecule has 2 atom stereocenters. The van der Waals surface area contributed by atoms with Crippen LogP contribution < -0.4 is 10.0 Å². The molecule has 9 heteroatoms. The van der Waals surface area contributed by atoms with Crippen molar-refractivity contribution in [1.29, 1.82) is 0 Å². The molecule has 0 aliphatic heterocycles. The zero-order valence-electron chi connectivity index (χ0n) is 13.1. The second-order valence-electron chi connectivity index (χ2n) is 5.51. The van der Waals surface area contributed by atoms with Gasteiger partial charge in [0.2, 0.25) is 10.0 Å². The Morgan fingerprint density at radius 2 is 2.09 bits per heavy atom. The average molecular weight is 343 g/mol. The molecule has 0 bridgehead atoms. The summed E-state index contributed by atoms with van der Waals surface area (Å²) in [4.78, 5) is 10.6. The van der Waals surface area contributed by atoms with Crippen LogP contribution in [0, 0.1) is 10.1 Å². The molecule has 0 saturated heterocycles. The van der Waals surface area contributed by atoms with Crippen LogP contribution in [0.3, 0.4) is 0 Å². The van der Waals surface area contributed by atoms with Crippen molar-refractivity contribution in [2.75, 3.05) is 19.5 Å². The molecule has 1 aromatic rings. The summed E-state index contributed by atoms with van der Waals surface area (Å²) in [6.45, 7) is 0. The van der Waals surface area contributed by atoms with Crippen LogP contribution >= 0.6 is 0 Å². The molecule has 23 heavy (non-hydrogen) atoms. The molecule has 1 aliphatic carbocycles. The van der Waals surface area contributed by atoms with Gasteiger partial charge in [0.15, 0.2) is 0 Å². The van der Waals surface area contributed by atoms with E-state index in [0.717, 1.165) is 31.7 Å². The smallest absolute Gasteiger partial charge is 0.293 e. The maximum atomic E-state index is 11.8. The number of benzene rings is 1. The van der Waals surface area contributed by atoms with E-state index < -0.39 is 14.9 Å². The Hall–Kier alpha value is -1.71. The average Bonchev–Trinajstić information content (AvgIpc) is 2.55. The minimum atomic E-state index is -3.72. The van der Waals surface area contributed by atoms with E-state index in [-0.39, 0.29) is 22.7 Å². The SMILES string of the molecule is CNS(=O)(=O)c1ccc(NC2CCCC(OC)C2)c([N+](=O)[O-])c1. The number of nitrogens with one attached hydrogen (secondary N) is 2. The van der Waals surface area contributed by atoms with E-state index in [9.17, 15) is 18.5 Å². The van der Waals surface area contributed by atoms with Crippen LogP contribution in [0.2, 0.25) is 0 Å². The first-order chi connectivity index (χ1) is 10.9. The Balaban J connectivity index is 2.26. The first-order valence-electron chi connectivity index (χ1n) is 7.38. The number of hydrogen-bond acceptors (Lipinski definition) is 6. The first kappa shape index (κ1) is 17.6. The van der Waals surface area contributed by atoms with Gasteiger partial charge in [-0.15, -0.1) is 0 Å². The number of ether oxygens (including phenoxy) is 1. The monoisotopic (exact) mass is 343 g/mol. The molecule has 1 fully saturated rings. The minimum Gasteiger partial charge on any atom is -0.381 e. The highest BCUT2D eigenvalue weighted by molar-refractivity contribution is 7.89. The molecule has 8 nitrogen and oxygen atoms in total. The third-order valence-electron chi connectivity index (χ3n) is 4.06. The molecule has 2 N–H and O–H groups in total. The number of rotatable bonds is 6. The summed E-state index contributed by atoms with van der Waals surface area (Å²) in [5.41, 5.74) is 0.0765. The summed E-state index contributed by atoms with van der Waals surface area (Å²) in [5, 5.41) is 14.4. The Kier molecular flexibility index (Phi) is 5.55. The van der Waals surface area contributed by atoms with Gasteiger partial charge in [-0.3, -0.25) is 10.1 Å². The molecule has 1 aromatic carbocycles. The molecule has 0 spiro atoms. The molecule has 0 aromatic heterocycles. The molecular formula is C14H21N3O5S. The Bertz CT molecular complexity index is 677. The summed E-state index contributed by atoms with van der Waals surface area (Å²) >= 11 is 0.